The van der Waals surface area contributed by atoms with Crippen molar-refractivity contribution in [2.75, 3.05) is 0 Å². The maximum Gasteiger partial charge on any atom is 0.185 e. The summed E-state index contributed by atoms with van der Waals surface area (Å²) >= 11 is 0. The van der Waals surface area contributed by atoms with E-state index in [1.165, 1.54) is 5.56 Å². The number of nitrogens with zero attached hydrogens (tertiary/aromatic N) is 2. The van der Waals surface area contributed by atoms with Crippen LogP contribution in [0.1, 0.15) is 11.3 Å². The summed E-state index contributed by atoms with van der Waals surface area (Å²) in [7, 11) is 0. The number of pyridine rings is 1. The van der Waals surface area contributed by atoms with Crippen LogP contribution in [0.2, 0.25) is 0 Å². The van der Waals surface area contributed by atoms with E-state index >= 15 is 0 Å². The van der Waals surface area contributed by atoms with Gasteiger partial charge in [-0.25, -0.2) is 0 Å². The zero-order valence-electron chi connectivity index (χ0n) is 7.61. The summed E-state index contributed by atoms with van der Waals surface area (Å²) in [5.41, 5.74) is 2.87. The van der Waals surface area contributed by atoms with Crippen LogP contribution in [0, 0.1) is 13.8 Å². The van der Waals surface area contributed by atoms with E-state index in [4.69, 9.17) is 4.52 Å². The van der Waals surface area contributed by atoms with Gasteiger partial charge < -0.3 is 4.52 Å². The molecule has 0 aliphatic heterocycles. The Hall–Kier alpha value is -1.64. The van der Waals surface area contributed by atoms with Crippen molar-refractivity contribution >= 4 is 0 Å². The fraction of sp³-hybridized carbons (Fsp3) is 0.200. The highest BCUT2D eigenvalue weighted by Gasteiger charge is 2.04. The Bertz CT molecular complexity index is 420. The highest BCUT2D eigenvalue weighted by atomic mass is 16.5. The molecular weight excluding hydrogens is 164 g/mol. The topological polar surface area (TPSA) is 38.9 Å². The fourth-order valence-corrected chi connectivity index (χ4v) is 1.16. The fourth-order valence-electron chi connectivity index (χ4n) is 1.16. The summed E-state index contributed by atoms with van der Waals surface area (Å²) in [6.07, 6.45) is 1.77. The zero-order chi connectivity index (χ0) is 9.26. The van der Waals surface area contributed by atoms with Crippen molar-refractivity contribution in [1.29, 1.82) is 0 Å². The van der Waals surface area contributed by atoms with Crippen molar-refractivity contribution in [1.82, 2.24) is 10.1 Å². The predicted octanol–water partition coefficient (Wildman–Crippen LogP) is 2.35. The van der Waals surface area contributed by atoms with Gasteiger partial charge in [-0.05, 0) is 31.5 Å². The largest absolute Gasteiger partial charge is 0.354 e. The van der Waals surface area contributed by atoms with Gasteiger partial charge in [-0.1, -0.05) is 5.16 Å². The maximum absolute atomic E-state index is 5.09. The van der Waals surface area contributed by atoms with Gasteiger partial charge >= 0.3 is 0 Å². The van der Waals surface area contributed by atoms with Crippen LogP contribution in [-0.2, 0) is 0 Å². The molecule has 0 bridgehead atoms. The predicted molar refractivity (Wildman–Crippen MR) is 49.2 cm³/mol. The van der Waals surface area contributed by atoms with Crippen LogP contribution >= 0.6 is 0 Å². The normalized spacial score (nSPS) is 10.3. The van der Waals surface area contributed by atoms with Crippen LogP contribution in [-0.4, -0.2) is 10.1 Å². The van der Waals surface area contributed by atoms with Gasteiger partial charge in [-0.3, -0.25) is 4.98 Å². The molecule has 2 aromatic rings. The van der Waals surface area contributed by atoms with Gasteiger partial charge in [0.25, 0.3) is 0 Å². The van der Waals surface area contributed by atoms with Crippen molar-refractivity contribution < 1.29 is 4.52 Å². The lowest BCUT2D eigenvalue weighted by atomic mass is 10.2. The van der Waals surface area contributed by atoms with Gasteiger partial charge in [0, 0.05) is 12.3 Å². The smallest absolute Gasteiger partial charge is 0.185 e. The number of aryl methyl sites for hydroxylation is 2. The molecule has 0 fully saturated rings. The first-order valence-corrected chi connectivity index (χ1v) is 4.12. The van der Waals surface area contributed by atoms with Crippen LogP contribution in [0.15, 0.2) is 28.9 Å². The Balaban J connectivity index is 2.46. The molecular formula is C10H10N2O. The van der Waals surface area contributed by atoms with Crippen molar-refractivity contribution in [2.45, 2.75) is 13.8 Å². The van der Waals surface area contributed by atoms with Crippen LogP contribution in [0.4, 0.5) is 0 Å². The molecule has 3 heteroatoms. The van der Waals surface area contributed by atoms with E-state index in [0.29, 0.717) is 0 Å². The second-order valence-corrected chi connectivity index (χ2v) is 3.05. The summed E-state index contributed by atoms with van der Waals surface area (Å²) in [5.74, 6) is 0.723. The van der Waals surface area contributed by atoms with E-state index in [1.54, 1.807) is 6.20 Å². The number of aromatic nitrogens is 2. The average Bonchev–Trinajstić information content (AvgIpc) is 2.52. The third kappa shape index (κ3) is 1.59. The minimum atomic E-state index is 0.723. The van der Waals surface area contributed by atoms with Gasteiger partial charge in [-0.15, -0.1) is 0 Å². The van der Waals surface area contributed by atoms with E-state index in [0.717, 1.165) is 17.1 Å². The van der Waals surface area contributed by atoms with Crippen LogP contribution in [0.25, 0.3) is 11.5 Å². The van der Waals surface area contributed by atoms with Gasteiger partial charge in [0.1, 0.15) is 5.69 Å². The summed E-state index contributed by atoms with van der Waals surface area (Å²) in [6, 6.07) is 5.80. The summed E-state index contributed by atoms with van der Waals surface area (Å²) in [4.78, 5) is 4.19. The van der Waals surface area contributed by atoms with Gasteiger partial charge in [0.05, 0.1) is 5.69 Å². The van der Waals surface area contributed by atoms with Crippen molar-refractivity contribution in [3.63, 3.8) is 0 Å². The first-order valence-electron chi connectivity index (χ1n) is 4.12. The lowest BCUT2D eigenvalue weighted by molar-refractivity contribution is 0.426. The molecule has 2 aromatic heterocycles. The van der Waals surface area contributed by atoms with E-state index < -0.39 is 0 Å². The van der Waals surface area contributed by atoms with Gasteiger partial charge in [0.2, 0.25) is 0 Å². The molecule has 0 N–H and O–H groups in total. The Morgan fingerprint density at radius 1 is 1.23 bits per heavy atom. The Morgan fingerprint density at radius 3 is 2.69 bits per heavy atom. The highest BCUT2D eigenvalue weighted by molar-refractivity contribution is 5.52. The third-order valence-electron chi connectivity index (χ3n) is 1.80. The number of hydrogen-bond acceptors (Lipinski definition) is 3. The minimum absolute atomic E-state index is 0.723. The molecule has 0 saturated carbocycles. The van der Waals surface area contributed by atoms with Crippen molar-refractivity contribution in [3.8, 4) is 11.5 Å². The lowest BCUT2D eigenvalue weighted by Gasteiger charge is -1.94. The zero-order valence-corrected chi connectivity index (χ0v) is 7.61. The first kappa shape index (κ1) is 7.98. The summed E-state index contributed by atoms with van der Waals surface area (Å²) < 4.78 is 5.09. The minimum Gasteiger partial charge on any atom is -0.354 e. The van der Waals surface area contributed by atoms with Crippen molar-refractivity contribution in [2.24, 2.45) is 0 Å². The molecule has 0 radical (unpaired) electrons. The van der Waals surface area contributed by atoms with Gasteiger partial charge in [0.15, 0.2) is 5.76 Å². The SMILES string of the molecule is Cc1ccnc(-c2cc(C)no2)c1. The van der Waals surface area contributed by atoms with E-state index in [2.05, 4.69) is 10.1 Å². The quantitative estimate of drug-likeness (QED) is 0.666. The van der Waals surface area contributed by atoms with E-state index in [-0.39, 0.29) is 0 Å². The number of rotatable bonds is 1. The number of hydrogen-bond donors (Lipinski definition) is 0. The molecule has 0 aliphatic rings. The average molecular weight is 174 g/mol. The van der Waals surface area contributed by atoms with Crippen LogP contribution in [0.3, 0.4) is 0 Å². The van der Waals surface area contributed by atoms with E-state index in [9.17, 15) is 0 Å². The van der Waals surface area contributed by atoms with E-state index in [1.807, 2.05) is 32.0 Å². The Morgan fingerprint density at radius 2 is 2.08 bits per heavy atom. The van der Waals surface area contributed by atoms with Crippen molar-refractivity contribution in [3.05, 3.63) is 35.7 Å². The second kappa shape index (κ2) is 3.01. The third-order valence-corrected chi connectivity index (χ3v) is 1.80. The Kier molecular flexibility index (Phi) is 1.85. The monoisotopic (exact) mass is 174 g/mol. The molecule has 0 amide bonds. The molecule has 0 aromatic carbocycles. The molecule has 3 nitrogen and oxygen atoms in total. The van der Waals surface area contributed by atoms with Gasteiger partial charge in [-0.2, -0.15) is 0 Å². The first-order chi connectivity index (χ1) is 6.25. The van der Waals surface area contributed by atoms with Crippen LogP contribution < -0.4 is 0 Å². The molecule has 0 aliphatic carbocycles. The maximum atomic E-state index is 5.09. The second-order valence-electron chi connectivity index (χ2n) is 3.05. The summed E-state index contributed by atoms with van der Waals surface area (Å²) in [6.45, 7) is 3.91. The molecule has 0 atom stereocenters. The molecule has 0 unspecified atom stereocenters. The summed E-state index contributed by atoms with van der Waals surface area (Å²) in [5, 5.41) is 3.81. The molecule has 0 saturated heterocycles. The molecule has 2 rings (SSSR count). The Labute approximate surface area is 76.4 Å². The highest BCUT2D eigenvalue weighted by Crippen LogP contribution is 2.17. The standard InChI is InChI=1S/C10H10N2O/c1-7-3-4-11-9(5-7)10-6-8(2)12-13-10/h3-6H,1-2H3. The lowest BCUT2D eigenvalue weighted by Crippen LogP contribution is -1.81. The molecule has 66 valence electrons. The molecule has 0 spiro atoms. The molecule has 13 heavy (non-hydrogen) atoms. The molecule has 2 heterocycles. The van der Waals surface area contributed by atoms with Crippen LogP contribution in [0.5, 0.6) is 0 Å².